The van der Waals surface area contributed by atoms with Crippen LogP contribution in [0.3, 0.4) is 0 Å². The number of likely N-dealkylation sites (tertiary alicyclic amines) is 2. The van der Waals surface area contributed by atoms with E-state index in [1.165, 1.54) is 0 Å². The quantitative estimate of drug-likeness (QED) is 0.191. The Morgan fingerprint density at radius 1 is 0.700 bits per heavy atom. The van der Waals surface area contributed by atoms with Crippen LogP contribution >= 0.6 is 0 Å². The zero-order valence-corrected chi connectivity index (χ0v) is 30.1. The fourth-order valence-corrected chi connectivity index (χ4v) is 7.41. The van der Waals surface area contributed by atoms with Crippen LogP contribution in [-0.4, -0.2) is 73.6 Å². The summed E-state index contributed by atoms with van der Waals surface area (Å²) >= 11 is 0. The van der Waals surface area contributed by atoms with E-state index in [2.05, 4.69) is 86.2 Å². The maximum atomic E-state index is 13.5. The molecule has 1 spiro atoms. The zero-order chi connectivity index (χ0) is 35.2. The first-order chi connectivity index (χ1) is 24.0. The molecule has 4 atom stereocenters. The number of H-pyrrole nitrogens is 2. The van der Waals surface area contributed by atoms with Gasteiger partial charge in [0.05, 0.1) is 43.2 Å². The van der Waals surface area contributed by atoms with Crippen molar-refractivity contribution >= 4 is 11.8 Å². The smallest absolute Gasteiger partial charge is 0.226 e. The van der Waals surface area contributed by atoms with Crippen molar-refractivity contribution < 1.29 is 19.1 Å². The van der Waals surface area contributed by atoms with Gasteiger partial charge in [0.2, 0.25) is 11.8 Å². The van der Waals surface area contributed by atoms with Gasteiger partial charge in [-0.15, -0.1) is 0 Å². The van der Waals surface area contributed by atoms with Gasteiger partial charge < -0.3 is 29.2 Å². The Morgan fingerprint density at radius 3 is 1.66 bits per heavy atom. The molecule has 4 aromatic rings. The molecule has 0 radical (unpaired) electrons. The Labute approximate surface area is 295 Å². The van der Waals surface area contributed by atoms with Gasteiger partial charge in [-0.05, 0) is 35.8 Å². The minimum absolute atomic E-state index is 0.000898. The number of rotatable bonds is 9. The largest absolute Gasteiger partial charge is 0.346 e. The molecule has 0 bridgehead atoms. The summed E-state index contributed by atoms with van der Waals surface area (Å²) in [5.74, 6) is 1.60. The normalized spacial score (nSPS) is 21.5. The third kappa shape index (κ3) is 6.51. The van der Waals surface area contributed by atoms with Gasteiger partial charge in [-0.2, -0.15) is 0 Å². The molecule has 5 heterocycles. The number of nitrogens with one attached hydrogen (secondary N) is 2. The second-order valence-corrected chi connectivity index (χ2v) is 15.0. The van der Waals surface area contributed by atoms with Gasteiger partial charge >= 0.3 is 0 Å². The van der Waals surface area contributed by atoms with E-state index in [1.54, 1.807) is 0 Å². The molecular formula is C40H50N6O4. The SMILES string of the molecule is CC(C)[C@H](C)C(=O)N1CCC[C@H]1c1nc(-c2ccc(-c3ccc(-c4c[nH]c([C@@H]5CC6(CN5C(=O)[C@@H](C)C(C)C)OCCO6)n4)cc3)cc2)c[nH]1. The van der Waals surface area contributed by atoms with Gasteiger partial charge in [0.15, 0.2) is 5.79 Å². The lowest BCUT2D eigenvalue weighted by molar-refractivity contribution is -0.154. The Kier molecular flexibility index (Phi) is 9.43. The number of ether oxygens (including phenoxy) is 2. The number of imidazole rings is 2. The maximum Gasteiger partial charge on any atom is 0.226 e. The van der Waals surface area contributed by atoms with Crippen LogP contribution in [0, 0.1) is 23.7 Å². The lowest BCUT2D eigenvalue weighted by atomic mass is 9.96. The molecule has 2 aromatic carbocycles. The minimum atomic E-state index is -0.760. The van der Waals surface area contributed by atoms with Crippen LogP contribution in [0.25, 0.3) is 33.6 Å². The minimum Gasteiger partial charge on any atom is -0.346 e. The lowest BCUT2D eigenvalue weighted by Gasteiger charge is -2.28. The average molecular weight is 679 g/mol. The fourth-order valence-electron chi connectivity index (χ4n) is 7.41. The summed E-state index contributed by atoms with van der Waals surface area (Å²) in [6.45, 7) is 14.7. The Balaban J connectivity index is 1.03. The van der Waals surface area contributed by atoms with Gasteiger partial charge in [0, 0.05) is 48.3 Å². The van der Waals surface area contributed by atoms with Crippen molar-refractivity contribution in [1.29, 1.82) is 0 Å². The zero-order valence-electron chi connectivity index (χ0n) is 30.1. The molecule has 2 amide bonds. The number of aromatic amines is 2. The summed E-state index contributed by atoms with van der Waals surface area (Å²) in [5.41, 5.74) is 5.94. The van der Waals surface area contributed by atoms with Crippen molar-refractivity contribution in [3.05, 3.63) is 72.6 Å². The van der Waals surface area contributed by atoms with Crippen LogP contribution in [0.2, 0.25) is 0 Å². The topological polar surface area (TPSA) is 116 Å². The fraction of sp³-hybridized carbons (Fsp3) is 0.500. The summed E-state index contributed by atoms with van der Waals surface area (Å²) in [6.07, 6.45) is 6.35. The average Bonchev–Trinajstić information content (AvgIpc) is 3.98. The van der Waals surface area contributed by atoms with E-state index >= 15 is 0 Å². The molecule has 3 aliphatic rings. The Morgan fingerprint density at radius 2 is 1.16 bits per heavy atom. The van der Waals surface area contributed by atoms with E-state index in [0.717, 1.165) is 64.7 Å². The van der Waals surface area contributed by atoms with Gasteiger partial charge in [-0.1, -0.05) is 90.1 Å². The molecule has 3 fully saturated rings. The molecule has 0 aliphatic carbocycles. The number of hydrogen-bond acceptors (Lipinski definition) is 6. The maximum absolute atomic E-state index is 13.5. The summed E-state index contributed by atoms with van der Waals surface area (Å²) in [5, 5.41) is 0. The number of carbonyl (C=O) groups excluding carboxylic acids is 2. The predicted molar refractivity (Wildman–Crippen MR) is 192 cm³/mol. The van der Waals surface area contributed by atoms with Crippen LogP contribution in [-0.2, 0) is 19.1 Å². The Hall–Kier alpha value is -4.28. The van der Waals surface area contributed by atoms with Crippen LogP contribution < -0.4 is 0 Å². The first-order valence-electron chi connectivity index (χ1n) is 18.2. The highest BCUT2D eigenvalue weighted by atomic mass is 16.7. The van der Waals surface area contributed by atoms with Gasteiger partial charge in [0.25, 0.3) is 0 Å². The molecule has 0 unspecified atom stereocenters. The molecule has 0 saturated carbocycles. The van der Waals surface area contributed by atoms with Crippen molar-refractivity contribution in [2.45, 2.75) is 78.7 Å². The van der Waals surface area contributed by atoms with Crippen molar-refractivity contribution in [2.75, 3.05) is 26.3 Å². The molecule has 3 aliphatic heterocycles. The molecule has 10 heteroatoms. The van der Waals surface area contributed by atoms with E-state index in [9.17, 15) is 9.59 Å². The highest BCUT2D eigenvalue weighted by Gasteiger charge is 2.52. The highest BCUT2D eigenvalue weighted by molar-refractivity contribution is 5.80. The second kappa shape index (κ2) is 13.8. The van der Waals surface area contributed by atoms with Crippen molar-refractivity contribution in [1.82, 2.24) is 29.7 Å². The third-order valence-corrected chi connectivity index (χ3v) is 11.2. The van der Waals surface area contributed by atoms with E-state index in [1.807, 2.05) is 36.0 Å². The first-order valence-corrected chi connectivity index (χ1v) is 18.2. The number of nitrogens with zero attached hydrogens (tertiary/aromatic N) is 4. The number of hydrogen-bond donors (Lipinski definition) is 2. The molecule has 3 saturated heterocycles. The Bertz CT molecular complexity index is 1800. The molecule has 2 aromatic heterocycles. The standard InChI is InChI=1S/C40H50N6O4/c1-24(2)26(5)38(47)45-17-7-8-34(45)36-41-21-32(43-36)30-13-9-28(10-14-30)29-11-15-31(16-12-29)33-22-42-37(44-33)35-20-40(49-18-19-50-40)23-46(35)39(48)27(6)25(3)4/h9-16,21-22,24-27,34-35H,7-8,17-20,23H2,1-6H3,(H,41,43)(H,42,44)/t26-,27-,34-,35-/m0/s1. The van der Waals surface area contributed by atoms with Crippen LogP contribution in [0.15, 0.2) is 60.9 Å². The molecule has 264 valence electrons. The second-order valence-electron chi connectivity index (χ2n) is 15.0. The van der Waals surface area contributed by atoms with Gasteiger partial charge in [-0.3, -0.25) is 9.59 Å². The molecule has 7 rings (SSSR count). The number of amides is 2. The van der Waals surface area contributed by atoms with E-state index in [-0.39, 0.29) is 41.7 Å². The van der Waals surface area contributed by atoms with Crippen LogP contribution in [0.1, 0.15) is 84.5 Å². The molecule has 10 nitrogen and oxygen atoms in total. The van der Waals surface area contributed by atoms with Crippen LogP contribution in [0.5, 0.6) is 0 Å². The van der Waals surface area contributed by atoms with Crippen molar-refractivity contribution in [2.24, 2.45) is 23.7 Å². The summed E-state index contributed by atoms with van der Waals surface area (Å²) in [6, 6.07) is 16.6. The van der Waals surface area contributed by atoms with E-state index in [0.29, 0.717) is 32.1 Å². The van der Waals surface area contributed by atoms with Gasteiger partial charge in [-0.25, -0.2) is 9.97 Å². The number of carbonyl (C=O) groups is 2. The van der Waals surface area contributed by atoms with E-state index < -0.39 is 5.79 Å². The molecule has 2 N–H and O–H groups in total. The third-order valence-electron chi connectivity index (χ3n) is 11.2. The highest BCUT2D eigenvalue weighted by Crippen LogP contribution is 2.43. The van der Waals surface area contributed by atoms with Crippen LogP contribution in [0.4, 0.5) is 0 Å². The number of benzene rings is 2. The van der Waals surface area contributed by atoms with E-state index in [4.69, 9.17) is 19.4 Å². The summed E-state index contributed by atoms with van der Waals surface area (Å²) < 4.78 is 12.0. The molecule has 50 heavy (non-hydrogen) atoms. The summed E-state index contributed by atoms with van der Waals surface area (Å²) in [4.78, 5) is 47.2. The van der Waals surface area contributed by atoms with Crippen molar-refractivity contribution in [3.8, 4) is 33.6 Å². The molecular weight excluding hydrogens is 628 g/mol. The number of aromatic nitrogens is 4. The first kappa shape index (κ1) is 34.2. The predicted octanol–water partition coefficient (Wildman–Crippen LogP) is 7.40. The summed E-state index contributed by atoms with van der Waals surface area (Å²) in [7, 11) is 0. The lowest BCUT2D eigenvalue weighted by Crippen LogP contribution is -2.40. The van der Waals surface area contributed by atoms with Gasteiger partial charge in [0.1, 0.15) is 11.6 Å². The monoisotopic (exact) mass is 678 g/mol. The van der Waals surface area contributed by atoms with Crippen molar-refractivity contribution in [3.63, 3.8) is 0 Å².